The van der Waals surface area contributed by atoms with Gasteiger partial charge in [-0.05, 0) is 54.3 Å². The Hall–Kier alpha value is -2.03. The first-order valence-electron chi connectivity index (χ1n) is 6.96. The molecule has 0 aliphatic carbocycles. The second-order valence-corrected chi connectivity index (χ2v) is 5.23. The van der Waals surface area contributed by atoms with E-state index in [1.54, 1.807) is 0 Å². The normalized spacial score (nSPS) is 12.9. The number of anilines is 1. The smallest absolute Gasteiger partial charge is 0.125 e. The Morgan fingerprint density at radius 3 is 2.95 bits per heavy atom. The molecule has 0 radical (unpaired) electrons. The number of benzene rings is 2. The summed E-state index contributed by atoms with van der Waals surface area (Å²) in [5.41, 5.74) is 4.35. The summed E-state index contributed by atoms with van der Waals surface area (Å²) in [5, 5.41) is 3.27. The van der Waals surface area contributed by atoms with Gasteiger partial charge in [0.25, 0.3) is 0 Å². The second kappa shape index (κ2) is 5.53. The number of fused-ring (bicyclic) bond motifs is 1. The van der Waals surface area contributed by atoms with E-state index in [4.69, 9.17) is 4.74 Å². The van der Waals surface area contributed by atoms with Crippen LogP contribution in [0.15, 0.2) is 36.4 Å². The lowest BCUT2D eigenvalue weighted by Crippen LogP contribution is -2.05. The molecule has 0 fully saturated rings. The van der Waals surface area contributed by atoms with Gasteiger partial charge in [-0.3, -0.25) is 0 Å². The Balaban J connectivity index is 1.59. The fourth-order valence-corrected chi connectivity index (χ4v) is 2.58. The van der Waals surface area contributed by atoms with Crippen molar-refractivity contribution in [2.45, 2.75) is 19.8 Å². The molecule has 2 aromatic rings. The minimum absolute atomic E-state index is 0.192. The van der Waals surface area contributed by atoms with Crippen molar-refractivity contribution in [2.24, 2.45) is 0 Å². The van der Waals surface area contributed by atoms with Crippen molar-refractivity contribution in [1.82, 2.24) is 0 Å². The number of nitrogens with one attached hydrogen (secondary N) is 1. The number of aryl methyl sites for hydroxylation is 1. The van der Waals surface area contributed by atoms with E-state index in [0.717, 1.165) is 43.0 Å². The lowest BCUT2D eigenvalue weighted by atomic mass is 10.1. The van der Waals surface area contributed by atoms with Crippen LogP contribution in [0.3, 0.4) is 0 Å². The molecule has 1 aliphatic heterocycles. The van der Waals surface area contributed by atoms with E-state index in [0.29, 0.717) is 0 Å². The molecule has 2 aromatic carbocycles. The summed E-state index contributed by atoms with van der Waals surface area (Å²) in [7, 11) is 0. The minimum atomic E-state index is -0.192. The third kappa shape index (κ3) is 2.93. The standard InChI is InChI=1S/C17H18FNO/c1-12-8-15(18)11-16(9-12)19-6-4-13-2-3-17-14(10-13)5-7-20-17/h2-3,8-11,19H,4-7H2,1H3. The highest BCUT2D eigenvalue weighted by molar-refractivity contribution is 5.46. The Bertz CT molecular complexity index is 604. The Kier molecular flexibility index (Phi) is 3.59. The summed E-state index contributed by atoms with van der Waals surface area (Å²) in [5.74, 6) is 0.824. The van der Waals surface area contributed by atoms with Gasteiger partial charge in [0, 0.05) is 18.7 Å². The highest BCUT2D eigenvalue weighted by Crippen LogP contribution is 2.26. The average Bonchev–Trinajstić information content (AvgIpc) is 2.85. The summed E-state index contributed by atoms with van der Waals surface area (Å²) in [4.78, 5) is 0. The summed E-state index contributed by atoms with van der Waals surface area (Å²) < 4.78 is 18.8. The number of halogens is 1. The summed E-state index contributed by atoms with van der Waals surface area (Å²) >= 11 is 0. The average molecular weight is 271 g/mol. The minimum Gasteiger partial charge on any atom is -0.493 e. The molecular formula is C17H18FNO. The van der Waals surface area contributed by atoms with Crippen molar-refractivity contribution in [3.8, 4) is 5.75 Å². The lowest BCUT2D eigenvalue weighted by Gasteiger charge is -2.08. The van der Waals surface area contributed by atoms with Crippen LogP contribution in [0.5, 0.6) is 5.75 Å². The molecule has 2 nitrogen and oxygen atoms in total. The van der Waals surface area contributed by atoms with Gasteiger partial charge < -0.3 is 10.1 Å². The van der Waals surface area contributed by atoms with E-state index in [-0.39, 0.29) is 5.82 Å². The first-order valence-corrected chi connectivity index (χ1v) is 6.96. The van der Waals surface area contributed by atoms with Gasteiger partial charge >= 0.3 is 0 Å². The summed E-state index contributed by atoms with van der Waals surface area (Å²) in [6.45, 7) is 3.48. The second-order valence-electron chi connectivity index (χ2n) is 5.23. The van der Waals surface area contributed by atoms with E-state index in [9.17, 15) is 4.39 Å². The number of hydrogen-bond acceptors (Lipinski definition) is 2. The van der Waals surface area contributed by atoms with E-state index in [1.807, 2.05) is 19.1 Å². The van der Waals surface area contributed by atoms with Crippen molar-refractivity contribution >= 4 is 5.69 Å². The molecule has 0 aromatic heterocycles. The molecule has 1 heterocycles. The Morgan fingerprint density at radius 2 is 2.10 bits per heavy atom. The molecule has 1 aliphatic rings. The molecule has 0 bridgehead atoms. The molecule has 3 rings (SSSR count). The van der Waals surface area contributed by atoms with Gasteiger partial charge in [-0.25, -0.2) is 4.39 Å². The Labute approximate surface area is 118 Å². The van der Waals surface area contributed by atoms with Gasteiger partial charge in [0.2, 0.25) is 0 Å². The first-order chi connectivity index (χ1) is 9.70. The molecule has 0 unspecified atom stereocenters. The molecular weight excluding hydrogens is 253 g/mol. The lowest BCUT2D eigenvalue weighted by molar-refractivity contribution is 0.357. The van der Waals surface area contributed by atoms with E-state index < -0.39 is 0 Å². The van der Waals surface area contributed by atoms with Crippen LogP contribution in [0.25, 0.3) is 0 Å². The van der Waals surface area contributed by atoms with Gasteiger partial charge in [0.15, 0.2) is 0 Å². The van der Waals surface area contributed by atoms with Crippen LogP contribution in [-0.4, -0.2) is 13.2 Å². The zero-order valence-corrected chi connectivity index (χ0v) is 11.6. The van der Waals surface area contributed by atoms with Crippen LogP contribution in [0.1, 0.15) is 16.7 Å². The molecule has 0 amide bonds. The third-order valence-electron chi connectivity index (χ3n) is 3.54. The van der Waals surface area contributed by atoms with Gasteiger partial charge in [-0.1, -0.05) is 12.1 Å². The molecule has 1 N–H and O–H groups in total. The predicted octanol–water partition coefficient (Wildman–Crippen LogP) is 3.72. The maximum Gasteiger partial charge on any atom is 0.125 e. The van der Waals surface area contributed by atoms with Crippen LogP contribution in [-0.2, 0) is 12.8 Å². The Morgan fingerprint density at radius 1 is 1.20 bits per heavy atom. The van der Waals surface area contributed by atoms with Gasteiger partial charge in [-0.15, -0.1) is 0 Å². The molecule has 0 saturated carbocycles. The highest BCUT2D eigenvalue weighted by Gasteiger charge is 2.11. The molecule has 0 atom stereocenters. The van der Waals surface area contributed by atoms with Crippen molar-refractivity contribution in [3.63, 3.8) is 0 Å². The zero-order valence-electron chi connectivity index (χ0n) is 11.6. The molecule has 104 valence electrons. The fraction of sp³-hybridized carbons (Fsp3) is 0.294. The van der Waals surface area contributed by atoms with Crippen LogP contribution >= 0.6 is 0 Å². The van der Waals surface area contributed by atoms with Crippen molar-refractivity contribution in [1.29, 1.82) is 0 Å². The van der Waals surface area contributed by atoms with Crippen molar-refractivity contribution in [2.75, 3.05) is 18.5 Å². The van der Waals surface area contributed by atoms with Crippen LogP contribution < -0.4 is 10.1 Å². The maximum atomic E-state index is 13.3. The van der Waals surface area contributed by atoms with Crippen molar-refractivity contribution in [3.05, 3.63) is 58.9 Å². The van der Waals surface area contributed by atoms with Gasteiger partial charge in [0.1, 0.15) is 11.6 Å². The molecule has 3 heteroatoms. The quantitative estimate of drug-likeness (QED) is 0.915. The molecule has 0 saturated heterocycles. The zero-order chi connectivity index (χ0) is 13.9. The topological polar surface area (TPSA) is 21.3 Å². The van der Waals surface area contributed by atoms with Crippen molar-refractivity contribution < 1.29 is 9.13 Å². The van der Waals surface area contributed by atoms with Crippen LogP contribution in [0.2, 0.25) is 0 Å². The SMILES string of the molecule is Cc1cc(F)cc(NCCc2ccc3c(c2)CCO3)c1. The summed E-state index contributed by atoms with van der Waals surface area (Å²) in [6, 6.07) is 11.4. The summed E-state index contributed by atoms with van der Waals surface area (Å²) in [6.07, 6.45) is 1.92. The van der Waals surface area contributed by atoms with E-state index in [2.05, 4.69) is 17.4 Å². The first kappa shape index (κ1) is 13.0. The van der Waals surface area contributed by atoms with Gasteiger partial charge in [-0.2, -0.15) is 0 Å². The monoisotopic (exact) mass is 271 g/mol. The predicted molar refractivity (Wildman–Crippen MR) is 79.0 cm³/mol. The molecule has 0 spiro atoms. The van der Waals surface area contributed by atoms with E-state index >= 15 is 0 Å². The molecule has 20 heavy (non-hydrogen) atoms. The maximum absolute atomic E-state index is 13.3. The number of ether oxygens (including phenoxy) is 1. The fourth-order valence-electron chi connectivity index (χ4n) is 2.58. The largest absolute Gasteiger partial charge is 0.493 e. The third-order valence-corrected chi connectivity index (χ3v) is 3.54. The van der Waals surface area contributed by atoms with Crippen LogP contribution in [0, 0.1) is 12.7 Å². The van der Waals surface area contributed by atoms with Crippen LogP contribution in [0.4, 0.5) is 10.1 Å². The highest BCUT2D eigenvalue weighted by atomic mass is 19.1. The number of rotatable bonds is 4. The number of hydrogen-bond donors (Lipinski definition) is 1. The van der Waals surface area contributed by atoms with E-state index in [1.165, 1.54) is 23.3 Å². The van der Waals surface area contributed by atoms with Gasteiger partial charge in [0.05, 0.1) is 6.61 Å².